The SMILES string of the molecule is O=C(O)c1cc(C2CC2)cnc1Cc1ccc2c(ccn2Cc2cc(F)c(F)cc2F)c1. The molecule has 4 nitrogen and oxygen atoms in total. The first kappa shape index (κ1) is 20.3. The molecule has 0 radical (unpaired) electrons. The lowest BCUT2D eigenvalue weighted by Crippen LogP contribution is -2.07. The van der Waals surface area contributed by atoms with Crippen molar-refractivity contribution in [3.8, 4) is 0 Å². The van der Waals surface area contributed by atoms with Gasteiger partial charge < -0.3 is 9.67 Å². The summed E-state index contributed by atoms with van der Waals surface area (Å²) in [5.41, 5.74) is 3.45. The van der Waals surface area contributed by atoms with E-state index in [-0.39, 0.29) is 17.7 Å². The maximum atomic E-state index is 14.0. The van der Waals surface area contributed by atoms with Crippen molar-refractivity contribution in [2.45, 2.75) is 31.7 Å². The number of aromatic nitrogens is 2. The van der Waals surface area contributed by atoms with Gasteiger partial charge in [-0.2, -0.15) is 0 Å². The number of carboxylic acids is 1. The molecule has 7 heteroatoms. The van der Waals surface area contributed by atoms with Crippen molar-refractivity contribution in [2.24, 2.45) is 0 Å². The molecule has 0 amide bonds. The molecule has 1 aliphatic rings. The quantitative estimate of drug-likeness (QED) is 0.397. The Morgan fingerprint density at radius 1 is 1.03 bits per heavy atom. The van der Waals surface area contributed by atoms with Gasteiger partial charge in [0.1, 0.15) is 5.82 Å². The number of halogens is 3. The highest BCUT2D eigenvalue weighted by atomic mass is 19.2. The van der Waals surface area contributed by atoms with E-state index in [1.807, 2.05) is 24.3 Å². The minimum Gasteiger partial charge on any atom is -0.478 e. The average Bonchev–Trinajstić information content (AvgIpc) is 3.54. The molecular weight excluding hydrogens is 417 g/mol. The molecule has 1 saturated carbocycles. The van der Waals surface area contributed by atoms with E-state index < -0.39 is 23.4 Å². The monoisotopic (exact) mass is 436 g/mol. The topological polar surface area (TPSA) is 55.1 Å². The molecule has 2 aromatic carbocycles. The molecule has 0 unspecified atom stereocenters. The van der Waals surface area contributed by atoms with Gasteiger partial charge in [-0.05, 0) is 65.6 Å². The van der Waals surface area contributed by atoms with Gasteiger partial charge in [0.2, 0.25) is 0 Å². The Hall–Kier alpha value is -3.61. The normalized spacial score (nSPS) is 13.6. The van der Waals surface area contributed by atoms with Crippen LogP contribution in [0.3, 0.4) is 0 Å². The average molecular weight is 436 g/mol. The molecule has 1 N–H and O–H groups in total. The van der Waals surface area contributed by atoms with E-state index >= 15 is 0 Å². The lowest BCUT2D eigenvalue weighted by molar-refractivity contribution is 0.0695. The van der Waals surface area contributed by atoms with Crippen LogP contribution in [0.1, 0.15) is 51.5 Å². The smallest absolute Gasteiger partial charge is 0.337 e. The van der Waals surface area contributed by atoms with E-state index in [1.165, 1.54) is 0 Å². The first-order chi connectivity index (χ1) is 15.4. The molecule has 1 fully saturated rings. The van der Waals surface area contributed by atoms with Gasteiger partial charge in [0, 0.05) is 36.0 Å². The van der Waals surface area contributed by atoms with E-state index in [0.29, 0.717) is 24.1 Å². The second kappa shape index (κ2) is 7.82. The van der Waals surface area contributed by atoms with Crippen LogP contribution in [-0.2, 0) is 13.0 Å². The van der Waals surface area contributed by atoms with Crippen molar-refractivity contribution >= 4 is 16.9 Å². The molecule has 32 heavy (non-hydrogen) atoms. The first-order valence-electron chi connectivity index (χ1n) is 10.3. The summed E-state index contributed by atoms with van der Waals surface area (Å²) in [5, 5.41) is 10.5. The standard InChI is InChI=1S/C25H19F3N2O2/c26-20-11-22(28)21(27)10-18(20)13-30-6-5-16-7-14(1-4-24(16)30)8-23-19(25(31)32)9-17(12-29-23)15-2-3-15/h1,4-7,9-12,15H,2-3,8,13H2,(H,31,32). The Morgan fingerprint density at radius 2 is 1.81 bits per heavy atom. The predicted molar refractivity (Wildman–Crippen MR) is 113 cm³/mol. The molecule has 0 atom stereocenters. The zero-order chi connectivity index (χ0) is 22.4. The van der Waals surface area contributed by atoms with Gasteiger partial charge in [0.25, 0.3) is 0 Å². The number of benzene rings is 2. The van der Waals surface area contributed by atoms with Crippen LogP contribution in [0.5, 0.6) is 0 Å². The van der Waals surface area contributed by atoms with Gasteiger partial charge in [0.05, 0.1) is 17.8 Å². The Morgan fingerprint density at radius 3 is 2.56 bits per heavy atom. The molecule has 2 heterocycles. The van der Waals surface area contributed by atoms with Crippen molar-refractivity contribution in [2.75, 3.05) is 0 Å². The van der Waals surface area contributed by atoms with Crippen molar-refractivity contribution < 1.29 is 23.1 Å². The van der Waals surface area contributed by atoms with Gasteiger partial charge in [-0.15, -0.1) is 0 Å². The highest BCUT2D eigenvalue weighted by Gasteiger charge is 2.26. The van der Waals surface area contributed by atoms with Crippen LogP contribution in [0.25, 0.3) is 10.9 Å². The highest BCUT2D eigenvalue weighted by Crippen LogP contribution is 2.40. The van der Waals surface area contributed by atoms with E-state index in [0.717, 1.165) is 40.9 Å². The Balaban J connectivity index is 1.42. The number of nitrogens with zero attached hydrogens (tertiary/aromatic N) is 2. The summed E-state index contributed by atoms with van der Waals surface area (Å²) in [4.78, 5) is 16.2. The summed E-state index contributed by atoms with van der Waals surface area (Å²) >= 11 is 0. The zero-order valence-electron chi connectivity index (χ0n) is 17.0. The zero-order valence-corrected chi connectivity index (χ0v) is 17.0. The molecule has 5 rings (SSSR count). The fourth-order valence-corrected chi connectivity index (χ4v) is 4.03. The first-order valence-corrected chi connectivity index (χ1v) is 10.3. The highest BCUT2D eigenvalue weighted by molar-refractivity contribution is 5.89. The largest absolute Gasteiger partial charge is 0.478 e. The van der Waals surface area contributed by atoms with Crippen LogP contribution in [-0.4, -0.2) is 20.6 Å². The van der Waals surface area contributed by atoms with Crippen LogP contribution in [0.2, 0.25) is 0 Å². The minimum atomic E-state index is -1.22. The van der Waals surface area contributed by atoms with Crippen molar-refractivity contribution in [1.29, 1.82) is 0 Å². The molecule has 4 aromatic rings. The summed E-state index contributed by atoms with van der Waals surface area (Å²) < 4.78 is 42.5. The van der Waals surface area contributed by atoms with Crippen molar-refractivity contribution in [3.63, 3.8) is 0 Å². The van der Waals surface area contributed by atoms with Gasteiger partial charge >= 0.3 is 5.97 Å². The summed E-state index contributed by atoms with van der Waals surface area (Å²) in [7, 11) is 0. The second-order valence-corrected chi connectivity index (χ2v) is 8.21. The third-order valence-electron chi connectivity index (χ3n) is 5.91. The van der Waals surface area contributed by atoms with E-state index in [2.05, 4.69) is 4.98 Å². The molecule has 162 valence electrons. The summed E-state index contributed by atoms with van der Waals surface area (Å²) in [6.45, 7) is 0.0548. The van der Waals surface area contributed by atoms with Gasteiger partial charge in [-0.3, -0.25) is 4.98 Å². The summed E-state index contributed by atoms with van der Waals surface area (Å²) in [6.07, 6.45) is 6.03. The summed E-state index contributed by atoms with van der Waals surface area (Å²) in [5.74, 6) is -3.67. The summed E-state index contributed by atoms with van der Waals surface area (Å²) in [6, 6.07) is 10.6. The molecule has 1 aliphatic carbocycles. The fraction of sp³-hybridized carbons (Fsp3) is 0.200. The van der Waals surface area contributed by atoms with Crippen LogP contribution in [0.15, 0.2) is 54.9 Å². The lowest BCUT2D eigenvalue weighted by Gasteiger charge is -2.10. The lowest BCUT2D eigenvalue weighted by atomic mass is 10.0. The number of hydrogen-bond donors (Lipinski definition) is 1. The third kappa shape index (κ3) is 3.86. The van der Waals surface area contributed by atoms with Crippen molar-refractivity contribution in [1.82, 2.24) is 9.55 Å². The fourth-order valence-electron chi connectivity index (χ4n) is 4.03. The Bertz CT molecular complexity index is 1360. The number of rotatable bonds is 6. The van der Waals surface area contributed by atoms with E-state index in [4.69, 9.17) is 0 Å². The molecule has 0 saturated heterocycles. The van der Waals surface area contributed by atoms with Crippen molar-refractivity contribution in [3.05, 3.63) is 100 Å². The van der Waals surface area contributed by atoms with Crippen LogP contribution in [0, 0.1) is 17.5 Å². The second-order valence-electron chi connectivity index (χ2n) is 8.21. The Labute approximate surface area is 182 Å². The van der Waals surface area contributed by atoms with Crippen LogP contribution >= 0.6 is 0 Å². The van der Waals surface area contributed by atoms with Crippen LogP contribution in [0.4, 0.5) is 13.2 Å². The van der Waals surface area contributed by atoms with Gasteiger partial charge in [-0.25, -0.2) is 18.0 Å². The molecule has 0 bridgehead atoms. The minimum absolute atomic E-state index is 0.0523. The predicted octanol–water partition coefficient (Wildman–Crippen LogP) is 5.67. The number of aromatic carboxylic acids is 1. The number of carbonyl (C=O) groups is 1. The number of pyridine rings is 1. The van der Waals surface area contributed by atoms with E-state index in [1.54, 1.807) is 23.0 Å². The maximum Gasteiger partial charge on any atom is 0.337 e. The van der Waals surface area contributed by atoms with Gasteiger partial charge in [0.15, 0.2) is 11.6 Å². The third-order valence-corrected chi connectivity index (χ3v) is 5.91. The van der Waals surface area contributed by atoms with E-state index in [9.17, 15) is 23.1 Å². The van der Waals surface area contributed by atoms with Crippen LogP contribution < -0.4 is 0 Å². The maximum absolute atomic E-state index is 14.0. The number of hydrogen-bond acceptors (Lipinski definition) is 2. The Kier molecular flexibility index (Phi) is 4.96. The molecular formula is C25H19F3N2O2. The number of carboxylic acid groups (broad SMARTS) is 1. The molecule has 0 aliphatic heterocycles. The molecule has 2 aromatic heterocycles. The number of fused-ring (bicyclic) bond motifs is 1. The molecule has 0 spiro atoms. The van der Waals surface area contributed by atoms with Gasteiger partial charge in [-0.1, -0.05) is 6.07 Å².